The molecule has 0 radical (unpaired) electrons. The molecule has 0 amide bonds. The summed E-state index contributed by atoms with van der Waals surface area (Å²) in [4.78, 5) is 25.3. The number of benzene rings is 1. The molecule has 0 N–H and O–H groups in total. The molecule has 2 aromatic heterocycles. The number of pyridine rings is 2. The van der Waals surface area contributed by atoms with E-state index in [1.165, 1.54) is 17.7 Å². The van der Waals surface area contributed by atoms with Crippen LogP contribution in [0.25, 0.3) is 11.0 Å². The number of rotatable bonds is 6. The molecule has 0 atom stereocenters. The van der Waals surface area contributed by atoms with Gasteiger partial charge in [-0.05, 0) is 76.8 Å². The maximum atomic E-state index is 14.2. The van der Waals surface area contributed by atoms with Crippen LogP contribution in [-0.2, 0) is 11.9 Å². The van der Waals surface area contributed by atoms with Crippen molar-refractivity contribution in [1.82, 2.24) is 9.55 Å². The summed E-state index contributed by atoms with van der Waals surface area (Å²) in [7, 11) is 4.89. The minimum absolute atomic E-state index is 0.00134. The number of methoxy groups -OCH3 is 1. The summed E-state index contributed by atoms with van der Waals surface area (Å²) in [6.45, 7) is 5.74. The number of nitrogens with zero attached hydrogens (tertiary/aromatic N) is 6. The predicted octanol–water partition coefficient (Wildman–Crippen LogP) is 5.04. The van der Waals surface area contributed by atoms with E-state index in [9.17, 15) is 19.7 Å². The molecule has 1 aliphatic carbocycles. The monoisotopic (exact) mass is 544 g/mol. The first kappa shape index (κ1) is 28.6. The lowest BCUT2D eigenvalue weighted by molar-refractivity contribution is -0.0000313. The van der Waals surface area contributed by atoms with E-state index >= 15 is 0 Å². The number of hydrogen-bond acceptors (Lipinski definition) is 8. The van der Waals surface area contributed by atoms with E-state index in [4.69, 9.17) is 9.57 Å². The maximum absolute atomic E-state index is 14.2. The Kier molecular flexibility index (Phi) is 8.11. The molecule has 4 rings (SSSR count). The van der Waals surface area contributed by atoms with Crippen molar-refractivity contribution in [2.75, 3.05) is 19.1 Å². The van der Waals surface area contributed by atoms with Gasteiger partial charge in [0.1, 0.15) is 34.5 Å². The van der Waals surface area contributed by atoms with Gasteiger partial charge in [-0.1, -0.05) is 5.16 Å². The zero-order valence-corrected chi connectivity index (χ0v) is 23.7. The van der Waals surface area contributed by atoms with Gasteiger partial charge in [0.25, 0.3) is 5.56 Å². The van der Waals surface area contributed by atoms with Crippen LogP contribution in [0, 0.1) is 34.4 Å². The lowest BCUT2D eigenvalue weighted by Gasteiger charge is -2.37. The lowest BCUT2D eigenvalue weighted by Crippen LogP contribution is -2.39. The number of halogens is 1. The first-order valence-electron chi connectivity index (χ1n) is 13.2. The minimum atomic E-state index is -0.504. The van der Waals surface area contributed by atoms with Crippen molar-refractivity contribution in [3.63, 3.8) is 0 Å². The molecule has 40 heavy (non-hydrogen) atoms. The standard InChI is InChI=1S/C30H33FN6O3/c1-30(2,3)40-35-26(19-9-13-23(31)25(15-19)39-6)18-7-11-21(12-8-18)36(4)28-22(17-33)29(38)37(5)24-14-10-20(16-32)34-27(24)28/h9-10,13-15,18,21H,7-8,11-12H2,1-6H3/b35-26+. The molecule has 2 heterocycles. The molecule has 9 nitrogen and oxygen atoms in total. The molecular formula is C30H33FN6O3. The van der Waals surface area contributed by atoms with E-state index in [1.54, 1.807) is 31.3 Å². The molecule has 208 valence electrons. The Balaban J connectivity index is 1.67. The Bertz CT molecular complexity index is 1600. The van der Waals surface area contributed by atoms with E-state index < -0.39 is 17.0 Å². The molecule has 0 aliphatic heterocycles. The molecule has 10 heteroatoms. The summed E-state index contributed by atoms with van der Waals surface area (Å²) in [5.41, 5.74) is 2.20. The summed E-state index contributed by atoms with van der Waals surface area (Å²) in [5, 5.41) is 23.9. The van der Waals surface area contributed by atoms with Crippen molar-refractivity contribution in [2.24, 2.45) is 18.1 Å². The van der Waals surface area contributed by atoms with Gasteiger partial charge in [-0.3, -0.25) is 4.79 Å². The Labute approximate surface area is 233 Å². The van der Waals surface area contributed by atoms with Gasteiger partial charge in [-0.25, -0.2) is 9.37 Å². The summed E-state index contributed by atoms with van der Waals surface area (Å²) >= 11 is 0. The number of nitriles is 2. The van der Waals surface area contributed by atoms with Crippen LogP contribution in [0.15, 0.2) is 40.3 Å². The minimum Gasteiger partial charge on any atom is -0.494 e. The molecular weight excluding hydrogens is 511 g/mol. The van der Waals surface area contributed by atoms with Crippen LogP contribution in [-0.4, -0.2) is 41.1 Å². The number of oxime groups is 1. The van der Waals surface area contributed by atoms with Crippen LogP contribution in [0.5, 0.6) is 5.75 Å². The molecule has 0 saturated heterocycles. The SMILES string of the molecule is COc1cc(/C(=N/OC(C)(C)C)C2CCC(N(C)c3c(C#N)c(=O)n(C)c4ccc(C#N)nc34)CC2)ccc1F. The van der Waals surface area contributed by atoms with Crippen LogP contribution in [0.2, 0.25) is 0 Å². The fourth-order valence-corrected chi connectivity index (χ4v) is 5.19. The Hall–Kier alpha value is -4.44. The van der Waals surface area contributed by atoms with Gasteiger partial charge in [0.15, 0.2) is 11.6 Å². The van der Waals surface area contributed by atoms with Crippen LogP contribution < -0.4 is 15.2 Å². The summed E-state index contributed by atoms with van der Waals surface area (Å²) < 4.78 is 20.7. The number of aromatic nitrogens is 2. The summed E-state index contributed by atoms with van der Waals surface area (Å²) in [5.74, 6) is -0.267. The Morgan fingerprint density at radius 2 is 1.85 bits per heavy atom. The fourth-order valence-electron chi connectivity index (χ4n) is 5.19. The first-order valence-corrected chi connectivity index (χ1v) is 13.2. The number of hydrogen-bond donors (Lipinski definition) is 0. The third-order valence-corrected chi connectivity index (χ3v) is 7.29. The van der Waals surface area contributed by atoms with Gasteiger partial charge >= 0.3 is 0 Å². The van der Waals surface area contributed by atoms with E-state index in [0.29, 0.717) is 16.7 Å². The molecule has 3 aromatic rings. The van der Waals surface area contributed by atoms with E-state index in [1.807, 2.05) is 38.8 Å². The molecule has 1 aromatic carbocycles. The second-order valence-electron chi connectivity index (χ2n) is 11.0. The number of fused-ring (bicyclic) bond motifs is 1. The van der Waals surface area contributed by atoms with Crippen LogP contribution in [0.4, 0.5) is 10.1 Å². The highest BCUT2D eigenvalue weighted by Gasteiger charge is 2.32. The van der Waals surface area contributed by atoms with Crippen LogP contribution in [0.3, 0.4) is 0 Å². The quantitative estimate of drug-likeness (QED) is 0.315. The van der Waals surface area contributed by atoms with Crippen molar-refractivity contribution in [3.05, 3.63) is 63.3 Å². The van der Waals surface area contributed by atoms with E-state index in [0.717, 1.165) is 37.0 Å². The molecule has 0 spiro atoms. The van der Waals surface area contributed by atoms with Crippen molar-refractivity contribution in [2.45, 2.75) is 58.1 Å². The number of ether oxygens (including phenoxy) is 1. The van der Waals surface area contributed by atoms with Gasteiger partial charge in [-0.2, -0.15) is 10.5 Å². The first-order chi connectivity index (χ1) is 19.0. The largest absolute Gasteiger partial charge is 0.494 e. The average molecular weight is 545 g/mol. The summed E-state index contributed by atoms with van der Waals surface area (Å²) in [6.07, 6.45) is 2.99. The number of aryl methyl sites for hydroxylation is 1. The topological polar surface area (TPSA) is 117 Å². The molecule has 1 aliphatic rings. The van der Waals surface area contributed by atoms with Gasteiger partial charge in [0.2, 0.25) is 0 Å². The van der Waals surface area contributed by atoms with Gasteiger partial charge < -0.3 is 19.0 Å². The highest BCUT2D eigenvalue weighted by molar-refractivity contribution is 6.02. The third-order valence-electron chi connectivity index (χ3n) is 7.29. The maximum Gasteiger partial charge on any atom is 0.270 e. The second kappa shape index (κ2) is 11.4. The second-order valence-corrected chi connectivity index (χ2v) is 11.0. The van der Waals surface area contributed by atoms with Crippen molar-refractivity contribution in [1.29, 1.82) is 10.5 Å². The van der Waals surface area contributed by atoms with Crippen LogP contribution >= 0.6 is 0 Å². The fraction of sp³-hybridized carbons (Fsp3) is 0.433. The van der Waals surface area contributed by atoms with Crippen molar-refractivity contribution in [3.8, 4) is 17.9 Å². The normalized spacial score (nSPS) is 17.7. The predicted molar refractivity (Wildman–Crippen MR) is 151 cm³/mol. The van der Waals surface area contributed by atoms with E-state index in [-0.39, 0.29) is 29.0 Å². The Morgan fingerprint density at radius 3 is 2.45 bits per heavy atom. The van der Waals surface area contributed by atoms with Crippen LogP contribution in [0.1, 0.15) is 63.3 Å². The summed E-state index contributed by atoms with van der Waals surface area (Å²) in [6, 6.07) is 12.1. The number of anilines is 1. The average Bonchev–Trinajstić information content (AvgIpc) is 2.94. The van der Waals surface area contributed by atoms with Gasteiger partial charge in [-0.15, -0.1) is 0 Å². The van der Waals surface area contributed by atoms with Crippen molar-refractivity contribution < 1.29 is 14.0 Å². The Morgan fingerprint density at radius 1 is 1.15 bits per heavy atom. The molecule has 0 unspecified atom stereocenters. The molecule has 0 bridgehead atoms. The van der Waals surface area contributed by atoms with Gasteiger partial charge in [0.05, 0.1) is 24.0 Å². The van der Waals surface area contributed by atoms with Gasteiger partial charge in [0, 0.05) is 31.6 Å². The lowest BCUT2D eigenvalue weighted by atomic mass is 9.80. The van der Waals surface area contributed by atoms with Crippen molar-refractivity contribution >= 4 is 22.4 Å². The molecule has 1 saturated carbocycles. The highest BCUT2D eigenvalue weighted by Crippen LogP contribution is 2.36. The smallest absolute Gasteiger partial charge is 0.270 e. The zero-order chi connectivity index (χ0) is 29.2. The van der Waals surface area contributed by atoms with E-state index in [2.05, 4.69) is 16.2 Å². The zero-order valence-electron chi connectivity index (χ0n) is 23.7. The molecule has 1 fully saturated rings. The third kappa shape index (κ3) is 5.62. The highest BCUT2D eigenvalue weighted by atomic mass is 19.1.